The lowest BCUT2D eigenvalue weighted by Crippen LogP contribution is -2.28. The van der Waals surface area contributed by atoms with Crippen molar-refractivity contribution >= 4 is 16.9 Å². The molecular formula is C11H14N2S. The molecule has 2 rings (SSSR count). The van der Waals surface area contributed by atoms with Crippen molar-refractivity contribution in [3.8, 4) is 0 Å². The SMILES string of the molecule is CN=C1NC(Cc2ccccc2)CS1. The molecule has 1 atom stereocenters. The van der Waals surface area contributed by atoms with Crippen molar-refractivity contribution in [3.05, 3.63) is 35.9 Å². The number of aliphatic imine (C=N–C) groups is 1. The van der Waals surface area contributed by atoms with E-state index in [9.17, 15) is 0 Å². The highest BCUT2D eigenvalue weighted by atomic mass is 32.2. The molecule has 1 fully saturated rings. The minimum Gasteiger partial charge on any atom is -0.361 e. The highest BCUT2D eigenvalue weighted by Crippen LogP contribution is 2.16. The lowest BCUT2D eigenvalue weighted by molar-refractivity contribution is 0.688. The second-order valence-electron chi connectivity index (χ2n) is 3.37. The fraction of sp³-hybridized carbons (Fsp3) is 0.364. The van der Waals surface area contributed by atoms with Crippen LogP contribution in [-0.4, -0.2) is 24.0 Å². The second-order valence-corrected chi connectivity index (χ2v) is 4.38. The highest BCUT2D eigenvalue weighted by molar-refractivity contribution is 8.14. The maximum Gasteiger partial charge on any atom is 0.156 e. The van der Waals surface area contributed by atoms with Crippen LogP contribution in [0.4, 0.5) is 0 Å². The molecule has 0 bridgehead atoms. The molecule has 74 valence electrons. The maximum absolute atomic E-state index is 4.15. The van der Waals surface area contributed by atoms with E-state index < -0.39 is 0 Å². The zero-order valence-corrected chi connectivity index (χ0v) is 9.05. The molecule has 1 aromatic carbocycles. The first-order valence-electron chi connectivity index (χ1n) is 4.78. The number of nitrogens with zero attached hydrogens (tertiary/aromatic N) is 1. The number of nitrogens with one attached hydrogen (secondary N) is 1. The third kappa shape index (κ3) is 2.29. The van der Waals surface area contributed by atoms with Crippen LogP contribution in [0.25, 0.3) is 0 Å². The summed E-state index contributed by atoms with van der Waals surface area (Å²) < 4.78 is 0. The van der Waals surface area contributed by atoms with Crippen LogP contribution in [0.1, 0.15) is 5.56 Å². The predicted octanol–water partition coefficient (Wildman–Crippen LogP) is 1.92. The molecule has 0 saturated carbocycles. The van der Waals surface area contributed by atoms with E-state index in [0.717, 1.165) is 17.3 Å². The van der Waals surface area contributed by atoms with Gasteiger partial charge in [-0.2, -0.15) is 0 Å². The summed E-state index contributed by atoms with van der Waals surface area (Å²) in [6.07, 6.45) is 1.09. The topological polar surface area (TPSA) is 24.4 Å². The van der Waals surface area contributed by atoms with Crippen LogP contribution in [0.2, 0.25) is 0 Å². The molecule has 0 aliphatic carbocycles. The van der Waals surface area contributed by atoms with Crippen LogP contribution in [0, 0.1) is 0 Å². The molecule has 1 aliphatic rings. The van der Waals surface area contributed by atoms with Gasteiger partial charge in [-0.15, -0.1) is 0 Å². The number of amidine groups is 1. The number of rotatable bonds is 2. The molecule has 0 radical (unpaired) electrons. The minimum atomic E-state index is 0.543. The minimum absolute atomic E-state index is 0.543. The van der Waals surface area contributed by atoms with Gasteiger partial charge in [-0.25, -0.2) is 0 Å². The molecule has 1 N–H and O–H groups in total. The van der Waals surface area contributed by atoms with Crippen LogP contribution in [0.5, 0.6) is 0 Å². The Bertz CT molecular complexity index is 321. The molecule has 3 heteroatoms. The molecular weight excluding hydrogens is 192 g/mol. The number of hydrogen-bond acceptors (Lipinski definition) is 2. The summed E-state index contributed by atoms with van der Waals surface area (Å²) in [5.74, 6) is 1.13. The van der Waals surface area contributed by atoms with E-state index in [1.54, 1.807) is 0 Å². The predicted molar refractivity (Wildman–Crippen MR) is 62.9 cm³/mol. The van der Waals surface area contributed by atoms with Crippen molar-refractivity contribution in [1.82, 2.24) is 5.32 Å². The molecule has 14 heavy (non-hydrogen) atoms. The Balaban J connectivity index is 1.94. The quantitative estimate of drug-likeness (QED) is 0.799. The number of benzene rings is 1. The summed E-state index contributed by atoms with van der Waals surface area (Å²) >= 11 is 1.81. The fourth-order valence-corrected chi connectivity index (χ4v) is 2.51. The average Bonchev–Trinajstić information content (AvgIpc) is 2.67. The van der Waals surface area contributed by atoms with Crippen LogP contribution in [0.15, 0.2) is 35.3 Å². The second kappa shape index (κ2) is 4.51. The fourth-order valence-electron chi connectivity index (χ4n) is 1.58. The van der Waals surface area contributed by atoms with Gasteiger partial charge in [0, 0.05) is 18.8 Å². The highest BCUT2D eigenvalue weighted by Gasteiger charge is 2.19. The van der Waals surface area contributed by atoms with Gasteiger partial charge in [0.2, 0.25) is 0 Å². The Morgan fingerprint density at radius 2 is 2.21 bits per heavy atom. The first kappa shape index (κ1) is 9.59. The van der Waals surface area contributed by atoms with Gasteiger partial charge in [-0.3, -0.25) is 4.99 Å². The van der Waals surface area contributed by atoms with E-state index in [1.807, 2.05) is 18.8 Å². The summed E-state index contributed by atoms with van der Waals surface area (Å²) in [6.45, 7) is 0. The van der Waals surface area contributed by atoms with Crippen LogP contribution in [0.3, 0.4) is 0 Å². The van der Waals surface area contributed by atoms with E-state index in [2.05, 4.69) is 40.6 Å². The molecule has 0 aromatic heterocycles. The van der Waals surface area contributed by atoms with Crippen molar-refractivity contribution in [2.75, 3.05) is 12.8 Å². The first-order valence-corrected chi connectivity index (χ1v) is 5.77. The van der Waals surface area contributed by atoms with Gasteiger partial charge in [0.25, 0.3) is 0 Å². The molecule has 1 aliphatic heterocycles. The molecule has 1 saturated heterocycles. The first-order chi connectivity index (χ1) is 6.88. The van der Waals surface area contributed by atoms with Gasteiger partial charge in [0.15, 0.2) is 5.17 Å². The summed E-state index contributed by atoms with van der Waals surface area (Å²) in [5, 5.41) is 4.48. The van der Waals surface area contributed by atoms with Gasteiger partial charge in [-0.05, 0) is 12.0 Å². The molecule has 1 heterocycles. The molecule has 1 aromatic rings. The van der Waals surface area contributed by atoms with Crippen LogP contribution >= 0.6 is 11.8 Å². The monoisotopic (exact) mass is 206 g/mol. The van der Waals surface area contributed by atoms with Crippen molar-refractivity contribution < 1.29 is 0 Å². The molecule has 1 unspecified atom stereocenters. The molecule has 0 spiro atoms. The lowest BCUT2D eigenvalue weighted by Gasteiger charge is -2.09. The summed E-state index contributed by atoms with van der Waals surface area (Å²) in [6, 6.07) is 11.1. The lowest BCUT2D eigenvalue weighted by atomic mass is 10.1. The standard InChI is InChI=1S/C11H14N2S/c1-12-11-13-10(8-14-11)7-9-5-3-2-4-6-9/h2-6,10H,7-8H2,1H3,(H,12,13). The summed E-state index contributed by atoms with van der Waals surface area (Å²) in [7, 11) is 1.83. The van der Waals surface area contributed by atoms with E-state index in [0.29, 0.717) is 6.04 Å². The zero-order chi connectivity index (χ0) is 9.80. The summed E-state index contributed by atoms with van der Waals surface area (Å²) in [5.41, 5.74) is 1.39. The van der Waals surface area contributed by atoms with Gasteiger partial charge in [0.1, 0.15) is 0 Å². The third-order valence-corrected chi connectivity index (χ3v) is 3.42. The van der Waals surface area contributed by atoms with Crippen molar-refractivity contribution in [2.45, 2.75) is 12.5 Å². The van der Waals surface area contributed by atoms with E-state index in [1.165, 1.54) is 5.56 Å². The Morgan fingerprint density at radius 3 is 2.86 bits per heavy atom. The third-order valence-electron chi connectivity index (χ3n) is 2.28. The van der Waals surface area contributed by atoms with E-state index in [4.69, 9.17) is 0 Å². The van der Waals surface area contributed by atoms with Gasteiger partial charge >= 0.3 is 0 Å². The van der Waals surface area contributed by atoms with Crippen molar-refractivity contribution in [1.29, 1.82) is 0 Å². The number of thioether (sulfide) groups is 1. The Labute approximate surface area is 88.8 Å². The van der Waals surface area contributed by atoms with Gasteiger partial charge in [-0.1, -0.05) is 42.1 Å². The van der Waals surface area contributed by atoms with Crippen LogP contribution in [-0.2, 0) is 6.42 Å². The van der Waals surface area contributed by atoms with E-state index >= 15 is 0 Å². The largest absolute Gasteiger partial charge is 0.361 e. The molecule has 0 amide bonds. The Hall–Kier alpha value is -0.960. The van der Waals surface area contributed by atoms with E-state index in [-0.39, 0.29) is 0 Å². The van der Waals surface area contributed by atoms with Crippen LogP contribution < -0.4 is 5.32 Å². The summed E-state index contributed by atoms with van der Waals surface area (Å²) in [4.78, 5) is 4.15. The zero-order valence-electron chi connectivity index (χ0n) is 8.23. The Kier molecular flexibility index (Phi) is 3.09. The average molecular weight is 206 g/mol. The Morgan fingerprint density at radius 1 is 1.43 bits per heavy atom. The van der Waals surface area contributed by atoms with Gasteiger partial charge < -0.3 is 5.32 Å². The number of hydrogen-bond donors (Lipinski definition) is 1. The van der Waals surface area contributed by atoms with Crippen molar-refractivity contribution in [2.24, 2.45) is 4.99 Å². The molecule has 2 nitrogen and oxygen atoms in total. The van der Waals surface area contributed by atoms with Gasteiger partial charge in [0.05, 0.1) is 0 Å². The maximum atomic E-state index is 4.15. The van der Waals surface area contributed by atoms with Crippen molar-refractivity contribution in [3.63, 3.8) is 0 Å². The smallest absolute Gasteiger partial charge is 0.156 e. The normalized spacial score (nSPS) is 23.8.